The first-order valence-corrected chi connectivity index (χ1v) is 6.80. The second-order valence-corrected chi connectivity index (χ2v) is 5.64. The number of carbonyl (C=O) groups excluding carboxylic acids is 1. The smallest absolute Gasteiger partial charge is 0.355 e. The number of aryl methyl sites for hydroxylation is 1. The zero-order chi connectivity index (χ0) is 13.6. The maximum absolute atomic E-state index is 12.1. The number of carbonyl (C=O) groups is 1. The molecule has 5 heteroatoms. The maximum atomic E-state index is 12.1. The van der Waals surface area contributed by atoms with Gasteiger partial charge < -0.3 is 14.4 Å². The third kappa shape index (κ3) is 2.07. The van der Waals surface area contributed by atoms with E-state index in [1.165, 1.54) is 0 Å². The molecular weight excluding hydrogens is 244 g/mol. The van der Waals surface area contributed by atoms with Crippen molar-refractivity contribution in [1.29, 1.82) is 0 Å². The van der Waals surface area contributed by atoms with Gasteiger partial charge in [-0.3, -0.25) is 4.90 Å². The molecule has 0 aliphatic carbocycles. The van der Waals surface area contributed by atoms with E-state index in [0.29, 0.717) is 18.2 Å². The van der Waals surface area contributed by atoms with Crippen LogP contribution in [-0.4, -0.2) is 51.9 Å². The molecule has 2 aliphatic heterocycles. The molecule has 0 radical (unpaired) electrons. The van der Waals surface area contributed by atoms with Crippen LogP contribution in [0.2, 0.25) is 0 Å². The lowest BCUT2D eigenvalue weighted by molar-refractivity contribution is -0.0803. The van der Waals surface area contributed by atoms with Gasteiger partial charge in [0.1, 0.15) is 11.8 Å². The van der Waals surface area contributed by atoms with E-state index < -0.39 is 12.2 Å². The second-order valence-electron chi connectivity index (χ2n) is 5.64. The first-order chi connectivity index (χ1) is 9.08. The molecule has 1 N–H and O–H groups in total. The fourth-order valence-corrected chi connectivity index (χ4v) is 3.40. The van der Waals surface area contributed by atoms with Gasteiger partial charge in [0, 0.05) is 25.3 Å². The number of hydrogen-bond donors (Lipinski definition) is 1. The number of likely N-dealkylation sites (N-methyl/N-ethyl adjacent to an activating group) is 1. The molecule has 3 rings (SSSR count). The van der Waals surface area contributed by atoms with Crippen molar-refractivity contribution < 1.29 is 14.6 Å². The second kappa shape index (κ2) is 4.65. The molecule has 5 nitrogen and oxygen atoms in total. The highest BCUT2D eigenvalue weighted by Crippen LogP contribution is 2.36. The fraction of sp³-hybridized carbons (Fsp3) is 0.643. The van der Waals surface area contributed by atoms with E-state index in [2.05, 4.69) is 11.9 Å². The van der Waals surface area contributed by atoms with Crippen molar-refractivity contribution in [2.45, 2.75) is 43.6 Å². The third-order valence-electron chi connectivity index (χ3n) is 4.56. The SMILES string of the molecule is CN1[C@@H]2CC[C@H]1[C@@H](OC(=O)c1cccn1C)[C@@H](O)C2. The Bertz CT molecular complexity index is 485. The molecule has 19 heavy (non-hydrogen) atoms. The Kier molecular flexibility index (Phi) is 3.11. The molecule has 3 heterocycles. The summed E-state index contributed by atoms with van der Waals surface area (Å²) in [7, 11) is 3.86. The van der Waals surface area contributed by atoms with Crippen molar-refractivity contribution >= 4 is 5.97 Å². The standard InChI is InChI=1S/C14H20N2O3/c1-15-7-3-4-11(15)14(18)19-13-10-6-5-9(16(10)2)8-12(13)17/h3-4,7,9-10,12-13,17H,5-6,8H2,1-2H3/t9-,10+,12+,13-/m1/s1. The molecule has 2 saturated heterocycles. The minimum atomic E-state index is -0.544. The Hall–Kier alpha value is -1.33. The number of aromatic nitrogens is 1. The number of ether oxygens (including phenoxy) is 1. The summed E-state index contributed by atoms with van der Waals surface area (Å²) in [6.07, 6.45) is 3.62. The van der Waals surface area contributed by atoms with Gasteiger partial charge >= 0.3 is 5.97 Å². The zero-order valence-corrected chi connectivity index (χ0v) is 11.3. The lowest BCUT2D eigenvalue weighted by Gasteiger charge is -2.39. The molecule has 0 amide bonds. The molecule has 1 aromatic heterocycles. The number of piperidine rings is 1. The largest absolute Gasteiger partial charge is 0.453 e. The average Bonchev–Trinajstić information content (AvgIpc) is 2.89. The predicted molar refractivity (Wildman–Crippen MR) is 69.8 cm³/mol. The van der Waals surface area contributed by atoms with Crippen LogP contribution in [0.3, 0.4) is 0 Å². The van der Waals surface area contributed by atoms with Crippen LogP contribution in [0, 0.1) is 0 Å². The van der Waals surface area contributed by atoms with Crippen molar-refractivity contribution in [3.8, 4) is 0 Å². The lowest BCUT2D eigenvalue weighted by Crippen LogP contribution is -2.54. The monoisotopic (exact) mass is 264 g/mol. The van der Waals surface area contributed by atoms with Crippen LogP contribution in [0.5, 0.6) is 0 Å². The summed E-state index contributed by atoms with van der Waals surface area (Å²) in [4.78, 5) is 14.4. The Labute approximate surface area is 112 Å². The maximum Gasteiger partial charge on any atom is 0.355 e. The van der Waals surface area contributed by atoms with Gasteiger partial charge in [-0.15, -0.1) is 0 Å². The number of esters is 1. The Morgan fingerprint density at radius 1 is 1.42 bits per heavy atom. The topological polar surface area (TPSA) is 54.7 Å². The number of aliphatic hydroxyl groups is 1. The van der Waals surface area contributed by atoms with E-state index in [1.54, 1.807) is 10.6 Å². The summed E-state index contributed by atoms with van der Waals surface area (Å²) in [5.74, 6) is -0.352. The molecular formula is C14H20N2O3. The van der Waals surface area contributed by atoms with Crippen LogP contribution in [0.1, 0.15) is 29.8 Å². The molecule has 0 spiro atoms. The highest BCUT2D eigenvalue weighted by molar-refractivity contribution is 5.87. The van der Waals surface area contributed by atoms with Crippen LogP contribution in [0.4, 0.5) is 0 Å². The van der Waals surface area contributed by atoms with Crippen LogP contribution in [0.15, 0.2) is 18.3 Å². The van der Waals surface area contributed by atoms with Gasteiger partial charge in [0.15, 0.2) is 0 Å². The highest BCUT2D eigenvalue weighted by Gasteiger charge is 2.47. The summed E-state index contributed by atoms with van der Waals surface area (Å²) >= 11 is 0. The van der Waals surface area contributed by atoms with Gasteiger partial charge in [-0.1, -0.05) is 0 Å². The van der Waals surface area contributed by atoms with Gasteiger partial charge in [0.25, 0.3) is 0 Å². The van der Waals surface area contributed by atoms with Crippen molar-refractivity contribution in [1.82, 2.24) is 9.47 Å². The number of fused-ring (bicyclic) bond motifs is 2. The average molecular weight is 264 g/mol. The Morgan fingerprint density at radius 3 is 2.89 bits per heavy atom. The van der Waals surface area contributed by atoms with Crippen molar-refractivity contribution in [3.05, 3.63) is 24.0 Å². The molecule has 2 fully saturated rings. The minimum Gasteiger partial charge on any atom is -0.453 e. The predicted octanol–water partition coefficient (Wildman–Crippen LogP) is 0.778. The van der Waals surface area contributed by atoms with Gasteiger partial charge in [-0.25, -0.2) is 4.79 Å². The summed E-state index contributed by atoms with van der Waals surface area (Å²) in [6.45, 7) is 0. The van der Waals surface area contributed by atoms with Gasteiger partial charge in [-0.05, 0) is 38.4 Å². The summed E-state index contributed by atoms with van der Waals surface area (Å²) in [6, 6.07) is 4.13. The van der Waals surface area contributed by atoms with Crippen molar-refractivity contribution in [2.24, 2.45) is 7.05 Å². The first-order valence-electron chi connectivity index (χ1n) is 6.80. The van der Waals surface area contributed by atoms with Crippen LogP contribution in [-0.2, 0) is 11.8 Å². The number of rotatable bonds is 2. The molecule has 104 valence electrons. The molecule has 0 aromatic carbocycles. The number of hydrogen-bond acceptors (Lipinski definition) is 4. The number of aliphatic hydroxyl groups excluding tert-OH is 1. The Morgan fingerprint density at radius 2 is 2.21 bits per heavy atom. The molecule has 0 unspecified atom stereocenters. The van der Waals surface area contributed by atoms with Crippen molar-refractivity contribution in [2.75, 3.05) is 7.05 Å². The third-order valence-corrected chi connectivity index (χ3v) is 4.56. The normalized spacial score (nSPS) is 34.5. The lowest BCUT2D eigenvalue weighted by atomic mass is 9.97. The van der Waals surface area contributed by atoms with E-state index in [4.69, 9.17) is 4.74 Å². The van der Waals surface area contributed by atoms with E-state index >= 15 is 0 Å². The van der Waals surface area contributed by atoms with Gasteiger partial charge in [0.2, 0.25) is 0 Å². The molecule has 0 saturated carbocycles. The van der Waals surface area contributed by atoms with E-state index in [-0.39, 0.29) is 12.0 Å². The molecule has 1 aromatic rings. The van der Waals surface area contributed by atoms with Crippen molar-refractivity contribution in [3.63, 3.8) is 0 Å². The van der Waals surface area contributed by atoms with Crippen LogP contribution in [0.25, 0.3) is 0 Å². The molecule has 2 bridgehead atoms. The highest BCUT2D eigenvalue weighted by atomic mass is 16.6. The van der Waals surface area contributed by atoms with E-state index in [1.807, 2.05) is 19.3 Å². The molecule has 2 aliphatic rings. The first kappa shape index (κ1) is 12.7. The van der Waals surface area contributed by atoms with Crippen LogP contribution >= 0.6 is 0 Å². The molecule has 4 atom stereocenters. The van der Waals surface area contributed by atoms with Gasteiger partial charge in [0.05, 0.1) is 6.10 Å². The fourth-order valence-electron chi connectivity index (χ4n) is 3.40. The number of nitrogens with zero attached hydrogens (tertiary/aromatic N) is 2. The Balaban J connectivity index is 1.75. The van der Waals surface area contributed by atoms with E-state index in [9.17, 15) is 9.90 Å². The quantitative estimate of drug-likeness (QED) is 0.802. The summed E-state index contributed by atoms with van der Waals surface area (Å²) in [5, 5.41) is 10.2. The van der Waals surface area contributed by atoms with E-state index in [0.717, 1.165) is 12.8 Å². The van der Waals surface area contributed by atoms with Crippen LogP contribution < -0.4 is 0 Å². The van der Waals surface area contributed by atoms with Gasteiger partial charge in [-0.2, -0.15) is 0 Å². The minimum absolute atomic E-state index is 0.151. The summed E-state index contributed by atoms with van der Waals surface area (Å²) < 4.78 is 7.31. The summed E-state index contributed by atoms with van der Waals surface area (Å²) in [5.41, 5.74) is 0.523. The zero-order valence-electron chi connectivity index (χ0n) is 11.3.